The number of aromatic nitrogens is 3. The van der Waals surface area contributed by atoms with Gasteiger partial charge in [0.05, 0.1) is 16.7 Å². The molecule has 2 aromatic carbocycles. The van der Waals surface area contributed by atoms with Crippen molar-refractivity contribution in [3.05, 3.63) is 77.9 Å². The van der Waals surface area contributed by atoms with E-state index in [9.17, 15) is 14.0 Å². The normalized spacial score (nSPS) is 15.4. The van der Waals surface area contributed by atoms with Crippen molar-refractivity contribution in [3.8, 4) is 11.4 Å². The van der Waals surface area contributed by atoms with Crippen LogP contribution < -0.4 is 5.32 Å². The van der Waals surface area contributed by atoms with Crippen LogP contribution in [0.3, 0.4) is 0 Å². The quantitative estimate of drug-likeness (QED) is 0.444. The van der Waals surface area contributed by atoms with Crippen LogP contribution in [0.1, 0.15) is 28.3 Å². The minimum absolute atomic E-state index is 0.0632. The zero-order valence-corrected chi connectivity index (χ0v) is 20.1. The van der Waals surface area contributed by atoms with E-state index in [1.807, 2.05) is 29.8 Å². The summed E-state index contributed by atoms with van der Waals surface area (Å²) in [6.45, 7) is 0.820. The fourth-order valence-electron chi connectivity index (χ4n) is 4.83. The number of fused-ring (bicyclic) bond motifs is 1. The Bertz CT molecular complexity index is 1440. The highest BCUT2D eigenvalue weighted by Gasteiger charge is 2.30. The van der Waals surface area contributed by atoms with Gasteiger partial charge in [-0.05, 0) is 42.3 Å². The topological polar surface area (TPSA) is 89.3 Å². The molecule has 36 heavy (non-hydrogen) atoms. The number of nitrogens with zero attached hydrogens (tertiary/aromatic N) is 4. The lowest BCUT2D eigenvalue weighted by molar-refractivity contribution is -0.119. The summed E-state index contributed by atoms with van der Waals surface area (Å²) in [5.74, 6) is -0.185. The van der Waals surface area contributed by atoms with Crippen LogP contribution in [0.15, 0.2) is 60.9 Å². The molecule has 3 heterocycles. The number of hydrogen-bond acceptors (Lipinski definition) is 5. The largest absolute Gasteiger partial charge is 0.375 e. The lowest BCUT2D eigenvalue weighted by Crippen LogP contribution is -2.28. The number of hydrogen-bond donors (Lipinski definition) is 1. The fraction of sp³-hybridized carbons (Fsp3) is 0.259. The molecule has 1 fully saturated rings. The van der Waals surface area contributed by atoms with E-state index < -0.39 is 0 Å². The van der Waals surface area contributed by atoms with Crippen molar-refractivity contribution in [2.75, 3.05) is 32.1 Å². The van der Waals surface area contributed by atoms with Gasteiger partial charge in [-0.2, -0.15) is 0 Å². The summed E-state index contributed by atoms with van der Waals surface area (Å²) in [7, 11) is 3.30. The van der Waals surface area contributed by atoms with Gasteiger partial charge in [-0.3, -0.25) is 14.6 Å². The molecule has 0 spiro atoms. The number of imidazole rings is 1. The van der Waals surface area contributed by atoms with E-state index >= 15 is 0 Å². The second-order valence-corrected chi connectivity index (χ2v) is 8.87. The van der Waals surface area contributed by atoms with Crippen LogP contribution in [0.5, 0.6) is 0 Å². The van der Waals surface area contributed by atoms with Crippen LogP contribution >= 0.6 is 0 Å². The van der Waals surface area contributed by atoms with Crippen LogP contribution in [0.4, 0.5) is 10.1 Å². The molecular weight excluding hydrogens is 461 g/mol. The van der Waals surface area contributed by atoms with E-state index in [2.05, 4.69) is 10.3 Å². The summed E-state index contributed by atoms with van der Waals surface area (Å²) in [5, 5.41) is 2.86. The van der Waals surface area contributed by atoms with Gasteiger partial charge in [-0.15, -0.1) is 0 Å². The maximum Gasteiger partial charge on any atom is 0.254 e. The van der Waals surface area contributed by atoms with Crippen molar-refractivity contribution < 1.29 is 18.7 Å². The second-order valence-electron chi connectivity index (χ2n) is 8.87. The minimum atomic E-state index is -0.340. The first-order valence-corrected chi connectivity index (χ1v) is 11.7. The zero-order valence-electron chi connectivity index (χ0n) is 20.1. The van der Waals surface area contributed by atoms with Gasteiger partial charge < -0.3 is 19.5 Å². The summed E-state index contributed by atoms with van der Waals surface area (Å²) in [6.07, 6.45) is 4.08. The van der Waals surface area contributed by atoms with E-state index in [4.69, 9.17) is 9.72 Å². The molecule has 1 saturated heterocycles. The van der Waals surface area contributed by atoms with Gasteiger partial charge in [0, 0.05) is 56.7 Å². The van der Waals surface area contributed by atoms with Crippen LogP contribution in [-0.4, -0.2) is 58.1 Å². The molecule has 1 aliphatic rings. The number of halogens is 1. The van der Waals surface area contributed by atoms with Crippen LogP contribution in [0, 0.1) is 5.82 Å². The Kier molecular flexibility index (Phi) is 6.47. The van der Waals surface area contributed by atoms with Gasteiger partial charge in [-0.25, -0.2) is 9.37 Å². The maximum atomic E-state index is 14.3. The number of anilines is 1. The second kappa shape index (κ2) is 9.87. The third-order valence-electron chi connectivity index (χ3n) is 6.51. The highest BCUT2D eigenvalue weighted by molar-refractivity contribution is 6.06. The van der Waals surface area contributed by atoms with E-state index in [0.29, 0.717) is 53.2 Å². The Morgan fingerprint density at radius 3 is 2.78 bits per heavy atom. The maximum absolute atomic E-state index is 14.3. The van der Waals surface area contributed by atoms with Gasteiger partial charge in [0.25, 0.3) is 5.91 Å². The lowest BCUT2D eigenvalue weighted by atomic mass is 9.98. The molecule has 2 amide bonds. The molecule has 184 valence electrons. The number of ether oxygens (including phenoxy) is 1. The summed E-state index contributed by atoms with van der Waals surface area (Å²) < 4.78 is 21.2. The third kappa shape index (κ3) is 4.45. The molecule has 0 radical (unpaired) electrons. The molecule has 0 unspecified atom stereocenters. The smallest absolute Gasteiger partial charge is 0.254 e. The molecule has 1 N–H and O–H groups in total. The number of amides is 2. The van der Waals surface area contributed by atoms with Crippen LogP contribution in [0.2, 0.25) is 0 Å². The molecule has 0 bridgehead atoms. The van der Waals surface area contributed by atoms with Crippen molar-refractivity contribution in [1.82, 2.24) is 19.4 Å². The van der Waals surface area contributed by atoms with Crippen molar-refractivity contribution >= 4 is 28.5 Å². The molecule has 1 aliphatic heterocycles. The third-order valence-corrected chi connectivity index (χ3v) is 6.51. The van der Waals surface area contributed by atoms with Crippen molar-refractivity contribution in [1.29, 1.82) is 0 Å². The molecule has 0 saturated carbocycles. The Balaban J connectivity index is 1.51. The van der Waals surface area contributed by atoms with Gasteiger partial charge >= 0.3 is 0 Å². The monoisotopic (exact) mass is 487 g/mol. The van der Waals surface area contributed by atoms with Gasteiger partial charge in [0.2, 0.25) is 5.91 Å². The number of carbonyl (C=O) groups is 2. The molecule has 5 rings (SSSR count). The Morgan fingerprint density at radius 1 is 1.19 bits per heavy atom. The molecule has 4 aromatic rings. The number of methoxy groups -OCH3 is 1. The van der Waals surface area contributed by atoms with Crippen molar-refractivity contribution in [3.63, 3.8) is 0 Å². The molecule has 8 nitrogen and oxygen atoms in total. The van der Waals surface area contributed by atoms with Crippen molar-refractivity contribution in [2.24, 2.45) is 7.05 Å². The number of benzene rings is 2. The predicted molar refractivity (Wildman–Crippen MR) is 134 cm³/mol. The molecule has 2 aromatic heterocycles. The fourth-order valence-corrected chi connectivity index (χ4v) is 4.83. The highest BCUT2D eigenvalue weighted by atomic mass is 19.1. The average Bonchev–Trinajstić information content (AvgIpc) is 3.50. The molecular formula is C27H26FN5O3. The summed E-state index contributed by atoms with van der Waals surface area (Å²) >= 11 is 0. The van der Waals surface area contributed by atoms with Crippen LogP contribution in [0.25, 0.3) is 22.4 Å². The number of pyridine rings is 1. The van der Waals surface area contributed by atoms with E-state index in [1.165, 1.54) is 13.2 Å². The number of nitrogens with one attached hydrogen (secondary N) is 1. The molecule has 0 aliphatic carbocycles. The van der Waals surface area contributed by atoms with Crippen LogP contribution in [-0.2, 0) is 16.6 Å². The van der Waals surface area contributed by atoms with E-state index in [1.54, 1.807) is 41.6 Å². The van der Waals surface area contributed by atoms with Gasteiger partial charge in [-0.1, -0.05) is 18.2 Å². The first-order chi connectivity index (χ1) is 17.5. The Labute approximate surface area is 207 Å². The van der Waals surface area contributed by atoms with Crippen molar-refractivity contribution in [2.45, 2.75) is 12.3 Å². The minimum Gasteiger partial charge on any atom is -0.375 e. The molecule has 9 heteroatoms. The number of carbonyl (C=O) groups excluding carboxylic acids is 2. The summed E-state index contributed by atoms with van der Waals surface area (Å²) in [5.41, 5.74) is 3.56. The average molecular weight is 488 g/mol. The number of rotatable bonds is 6. The van der Waals surface area contributed by atoms with E-state index in [0.717, 1.165) is 5.56 Å². The van der Waals surface area contributed by atoms with Gasteiger partial charge in [0.1, 0.15) is 18.2 Å². The zero-order chi connectivity index (χ0) is 25.2. The Hall–Kier alpha value is -4.11. The summed E-state index contributed by atoms with van der Waals surface area (Å²) in [4.78, 5) is 36.6. The van der Waals surface area contributed by atoms with Gasteiger partial charge in [0.15, 0.2) is 0 Å². The SMILES string of the molecule is COCC(=O)Nc1cc(C(=O)N2CC[C@@H](c3ccccc3F)C2)cc2nc(-c3cccnc3)n(C)c12. The lowest BCUT2D eigenvalue weighted by Gasteiger charge is -2.18. The Morgan fingerprint density at radius 2 is 2.03 bits per heavy atom. The first-order valence-electron chi connectivity index (χ1n) is 11.7. The standard InChI is InChI=1S/C27H26FN5O3/c1-32-25-22(30-24(34)16-36-2)12-19(13-23(25)31-26(32)17-6-5-10-29-14-17)27(35)33-11-9-18(15-33)20-7-3-4-8-21(20)28/h3-8,10,12-14,18H,9,11,15-16H2,1-2H3,(H,30,34)/t18-/m1/s1. The number of aryl methyl sites for hydroxylation is 1. The number of likely N-dealkylation sites (tertiary alicyclic amines) is 1. The summed E-state index contributed by atoms with van der Waals surface area (Å²) in [6, 6.07) is 13.8. The molecule has 1 atom stereocenters. The van der Waals surface area contributed by atoms with E-state index in [-0.39, 0.29) is 30.2 Å². The highest BCUT2D eigenvalue weighted by Crippen LogP contribution is 2.33. The first kappa shape index (κ1) is 23.6. The predicted octanol–water partition coefficient (Wildman–Crippen LogP) is 3.99.